The zero-order valence-corrected chi connectivity index (χ0v) is 34.1. The number of rotatable bonds is 39. The van der Waals surface area contributed by atoms with Crippen molar-refractivity contribution in [2.75, 3.05) is 19.8 Å². The highest BCUT2D eigenvalue weighted by Crippen LogP contribution is 2.30. The summed E-state index contributed by atoms with van der Waals surface area (Å²) in [4.78, 5) is 0. The van der Waals surface area contributed by atoms with Crippen LogP contribution in [0.1, 0.15) is 212 Å². The summed E-state index contributed by atoms with van der Waals surface area (Å²) < 4.78 is 12.6. The van der Waals surface area contributed by atoms with Crippen LogP contribution in [0.15, 0.2) is 42.5 Å². The van der Waals surface area contributed by atoms with Crippen LogP contribution in [0.2, 0.25) is 0 Å². The fourth-order valence-electron chi connectivity index (χ4n) is 6.76. The zero-order valence-electron chi connectivity index (χ0n) is 34.1. The minimum atomic E-state index is 0.130. The molecule has 0 heterocycles. The maximum Gasteiger partial charge on any atom is 0.161 e. The Hall–Kier alpha value is -1.78. The van der Waals surface area contributed by atoms with Gasteiger partial charge in [0.15, 0.2) is 11.5 Å². The van der Waals surface area contributed by atoms with Crippen molar-refractivity contribution >= 4 is 0 Å². The zero-order chi connectivity index (χ0) is 36.7. The Morgan fingerprint density at radius 1 is 0.490 bits per heavy atom. The molecule has 296 valence electrons. The van der Waals surface area contributed by atoms with Crippen LogP contribution in [0.5, 0.6) is 11.5 Å². The van der Waals surface area contributed by atoms with E-state index in [4.69, 9.17) is 20.9 Å². The highest BCUT2D eigenvalue weighted by Gasteiger charge is 2.10. The van der Waals surface area contributed by atoms with Crippen molar-refractivity contribution in [2.45, 2.75) is 219 Å². The van der Waals surface area contributed by atoms with E-state index in [1.54, 1.807) is 0 Å². The summed E-state index contributed by atoms with van der Waals surface area (Å²) in [7, 11) is 0. The quantitative estimate of drug-likeness (QED) is 0.0527. The molecule has 1 aromatic rings. The third-order valence-electron chi connectivity index (χ3n) is 10.1. The van der Waals surface area contributed by atoms with Gasteiger partial charge in [0.05, 0.1) is 13.2 Å². The van der Waals surface area contributed by atoms with E-state index in [9.17, 15) is 0 Å². The molecule has 4 N–H and O–H groups in total. The molecule has 0 aliphatic heterocycles. The lowest BCUT2D eigenvalue weighted by atomic mass is 10.0. The van der Waals surface area contributed by atoms with Gasteiger partial charge < -0.3 is 20.9 Å². The molecule has 0 saturated carbocycles. The molecule has 0 saturated heterocycles. The van der Waals surface area contributed by atoms with Gasteiger partial charge in [0.1, 0.15) is 0 Å². The molecule has 1 atom stereocenters. The van der Waals surface area contributed by atoms with Crippen molar-refractivity contribution in [3.05, 3.63) is 48.1 Å². The fourth-order valence-corrected chi connectivity index (χ4v) is 6.76. The number of unbranched alkanes of at least 4 members (excludes halogenated alkanes) is 24. The van der Waals surface area contributed by atoms with Crippen LogP contribution in [0, 0.1) is 0 Å². The number of hydrogen-bond donors (Lipinski definition) is 2. The summed E-state index contributed by atoms with van der Waals surface area (Å²) in [5.41, 5.74) is 13.3. The molecule has 1 aromatic carbocycles. The molecule has 51 heavy (non-hydrogen) atoms. The molecule has 4 nitrogen and oxygen atoms in total. The first kappa shape index (κ1) is 47.2. The lowest BCUT2D eigenvalue weighted by Gasteiger charge is -2.16. The second-order valence-corrected chi connectivity index (χ2v) is 15.2. The minimum Gasteiger partial charge on any atom is -0.490 e. The Kier molecular flexibility index (Phi) is 35.2. The van der Waals surface area contributed by atoms with E-state index < -0.39 is 0 Å². The maximum atomic E-state index is 6.40. The molecule has 0 amide bonds. The van der Waals surface area contributed by atoms with Crippen LogP contribution in [0.25, 0.3) is 0 Å². The van der Waals surface area contributed by atoms with E-state index in [-0.39, 0.29) is 6.04 Å². The second-order valence-electron chi connectivity index (χ2n) is 15.2. The molecule has 0 aromatic heterocycles. The fraction of sp³-hybridized carbons (Fsp3) is 0.787. The molecule has 1 unspecified atom stereocenters. The highest BCUT2D eigenvalue weighted by atomic mass is 16.5. The Morgan fingerprint density at radius 2 is 0.882 bits per heavy atom. The van der Waals surface area contributed by atoms with E-state index in [1.807, 2.05) is 0 Å². The van der Waals surface area contributed by atoms with Crippen LogP contribution >= 0.6 is 0 Å². The first-order valence-electron chi connectivity index (χ1n) is 22.3. The van der Waals surface area contributed by atoms with Crippen LogP contribution < -0.4 is 20.9 Å². The molecule has 0 radical (unpaired) electrons. The van der Waals surface area contributed by atoms with Gasteiger partial charge in [-0.1, -0.05) is 160 Å². The van der Waals surface area contributed by atoms with Crippen LogP contribution in [-0.2, 0) is 6.42 Å². The molecule has 1 rings (SSSR count). The summed E-state index contributed by atoms with van der Waals surface area (Å²) in [5.74, 6) is 1.77. The monoisotopic (exact) mass is 711 g/mol. The van der Waals surface area contributed by atoms with Gasteiger partial charge in [0.2, 0.25) is 0 Å². The third kappa shape index (κ3) is 31.5. The minimum absolute atomic E-state index is 0.130. The Balaban J connectivity index is 2.23. The third-order valence-corrected chi connectivity index (χ3v) is 10.1. The van der Waals surface area contributed by atoms with Gasteiger partial charge in [-0.05, 0) is 108 Å². The van der Waals surface area contributed by atoms with Gasteiger partial charge in [-0.3, -0.25) is 0 Å². The second kappa shape index (κ2) is 38.0. The molecule has 0 aliphatic carbocycles. The summed E-state index contributed by atoms with van der Waals surface area (Å²) in [6.45, 7) is 6.76. The average molecular weight is 711 g/mol. The van der Waals surface area contributed by atoms with Crippen LogP contribution in [0.4, 0.5) is 0 Å². The van der Waals surface area contributed by atoms with Gasteiger partial charge in [0.25, 0.3) is 0 Å². The lowest BCUT2D eigenvalue weighted by Crippen LogP contribution is -2.23. The van der Waals surface area contributed by atoms with Gasteiger partial charge in [-0.25, -0.2) is 0 Å². The molecular formula is C47H86N2O2. The molecule has 0 spiro atoms. The van der Waals surface area contributed by atoms with E-state index in [0.29, 0.717) is 6.54 Å². The van der Waals surface area contributed by atoms with Crippen molar-refractivity contribution in [1.82, 2.24) is 0 Å². The first-order chi connectivity index (χ1) is 25.2. The number of allylic oxidation sites excluding steroid dienone is 4. The number of benzene rings is 1. The summed E-state index contributed by atoms with van der Waals surface area (Å²) in [5, 5.41) is 0. The summed E-state index contributed by atoms with van der Waals surface area (Å²) >= 11 is 0. The number of nitrogens with two attached hydrogens (primary N) is 2. The predicted octanol–water partition coefficient (Wildman–Crippen LogP) is 14.1. The van der Waals surface area contributed by atoms with E-state index >= 15 is 0 Å². The molecule has 0 aliphatic rings. The highest BCUT2D eigenvalue weighted by molar-refractivity contribution is 5.43. The van der Waals surface area contributed by atoms with Gasteiger partial charge in [0, 0.05) is 6.04 Å². The maximum absolute atomic E-state index is 6.40. The van der Waals surface area contributed by atoms with Crippen molar-refractivity contribution in [3.63, 3.8) is 0 Å². The number of ether oxygens (including phenoxy) is 2. The molecule has 0 fully saturated rings. The Morgan fingerprint density at radius 3 is 1.31 bits per heavy atom. The predicted molar refractivity (Wildman–Crippen MR) is 226 cm³/mol. The van der Waals surface area contributed by atoms with Crippen molar-refractivity contribution in [2.24, 2.45) is 11.5 Å². The summed E-state index contributed by atoms with van der Waals surface area (Å²) in [6, 6.07) is 6.56. The van der Waals surface area contributed by atoms with Gasteiger partial charge in [-0.15, -0.1) is 0 Å². The van der Waals surface area contributed by atoms with Gasteiger partial charge >= 0.3 is 0 Å². The van der Waals surface area contributed by atoms with E-state index in [0.717, 1.165) is 56.8 Å². The van der Waals surface area contributed by atoms with Crippen molar-refractivity contribution in [3.8, 4) is 11.5 Å². The molecular weight excluding hydrogens is 625 g/mol. The van der Waals surface area contributed by atoms with Gasteiger partial charge in [-0.2, -0.15) is 0 Å². The Bertz CT molecular complexity index is 914. The summed E-state index contributed by atoms with van der Waals surface area (Å²) in [6.07, 6.45) is 49.3. The molecule has 0 bridgehead atoms. The van der Waals surface area contributed by atoms with E-state index in [2.05, 4.69) is 56.4 Å². The van der Waals surface area contributed by atoms with Crippen LogP contribution in [0.3, 0.4) is 0 Å². The number of hydrogen-bond acceptors (Lipinski definition) is 4. The van der Waals surface area contributed by atoms with Crippen LogP contribution in [-0.4, -0.2) is 25.8 Å². The van der Waals surface area contributed by atoms with Crippen molar-refractivity contribution < 1.29 is 9.47 Å². The standard InChI is InChI=1S/C47H86N2O2/c1-3-5-7-9-11-13-15-17-19-21-23-25-27-29-31-33-40-50-46-38-37-44(42-45(49)36-35-39-48)43-47(46)51-41-34-32-30-28-26-24-22-20-18-16-14-12-10-8-6-4-2/h17-20,37-38,43,45H,3-16,21-36,39-42,48-49H2,1-2H3. The van der Waals surface area contributed by atoms with E-state index in [1.165, 1.54) is 173 Å². The topological polar surface area (TPSA) is 70.5 Å². The SMILES string of the molecule is CCCCCCCCC=CCCCCCCCCOc1ccc(CC(N)CCCN)cc1OCCCCCCCCC=CCCCCCCCC. The van der Waals surface area contributed by atoms with Crippen molar-refractivity contribution in [1.29, 1.82) is 0 Å². The largest absolute Gasteiger partial charge is 0.490 e. The molecule has 4 heteroatoms. The Labute approximate surface area is 318 Å². The normalized spacial score (nSPS) is 12.4. The average Bonchev–Trinajstić information content (AvgIpc) is 3.14. The smallest absolute Gasteiger partial charge is 0.161 e. The lowest BCUT2D eigenvalue weighted by molar-refractivity contribution is 0.258. The first-order valence-corrected chi connectivity index (χ1v) is 22.3.